The van der Waals surface area contributed by atoms with E-state index < -0.39 is 12.0 Å². The van der Waals surface area contributed by atoms with Gasteiger partial charge in [-0.05, 0) is 36.8 Å². The molecule has 0 bridgehead atoms. The molecule has 2 atom stereocenters. The third-order valence-electron chi connectivity index (χ3n) is 7.05. The number of carbonyl (C=O) groups is 2. The van der Waals surface area contributed by atoms with Gasteiger partial charge in [0.1, 0.15) is 6.61 Å². The van der Waals surface area contributed by atoms with Crippen LogP contribution in [-0.2, 0) is 25.7 Å². The minimum atomic E-state index is -0.645. The number of thioether (sulfide) groups is 1. The van der Waals surface area contributed by atoms with Gasteiger partial charge in [-0.1, -0.05) is 54.2 Å². The zero-order valence-corrected chi connectivity index (χ0v) is 23.7. The summed E-state index contributed by atoms with van der Waals surface area (Å²) in [4.78, 5) is 33.4. The van der Waals surface area contributed by atoms with E-state index in [2.05, 4.69) is 5.32 Å². The summed E-state index contributed by atoms with van der Waals surface area (Å²) >= 11 is 1.42. The van der Waals surface area contributed by atoms with E-state index >= 15 is 0 Å². The van der Waals surface area contributed by atoms with E-state index in [1.54, 1.807) is 27.2 Å². The Labute approximate surface area is 238 Å². The molecule has 3 aliphatic rings. The normalized spacial score (nSPS) is 20.0. The van der Waals surface area contributed by atoms with Crippen molar-refractivity contribution in [1.82, 2.24) is 10.2 Å². The Morgan fingerprint density at radius 3 is 2.67 bits per heavy atom. The van der Waals surface area contributed by atoms with E-state index in [1.807, 2.05) is 52.8 Å². The van der Waals surface area contributed by atoms with Gasteiger partial charge in [0.05, 0.1) is 44.1 Å². The molecule has 10 heteroatoms. The first-order valence-electron chi connectivity index (χ1n) is 13.2. The van der Waals surface area contributed by atoms with Crippen LogP contribution in [0.2, 0.25) is 0 Å². The molecule has 1 fully saturated rings. The summed E-state index contributed by atoms with van der Waals surface area (Å²) in [7, 11) is 3.14. The lowest BCUT2D eigenvalue weighted by atomic mass is 9.92. The highest BCUT2D eigenvalue weighted by Gasteiger charge is 2.42. The van der Waals surface area contributed by atoms with Gasteiger partial charge in [-0.2, -0.15) is 0 Å². The molecular formula is C30H33N3O6S. The molecule has 1 saturated heterocycles. The molecular weight excluding hydrogens is 530 g/mol. The average molecular weight is 564 g/mol. The van der Waals surface area contributed by atoms with Crippen molar-refractivity contribution in [3.63, 3.8) is 0 Å². The van der Waals surface area contributed by atoms with Gasteiger partial charge in [0, 0.05) is 24.4 Å². The number of fused-ring (bicyclic) bond motifs is 1. The summed E-state index contributed by atoms with van der Waals surface area (Å²) in [6.45, 7) is 3.13. The smallest absolute Gasteiger partial charge is 0.338 e. The number of amidine groups is 1. The van der Waals surface area contributed by atoms with Gasteiger partial charge in [-0.15, -0.1) is 0 Å². The number of benzene rings is 2. The van der Waals surface area contributed by atoms with E-state index in [9.17, 15) is 9.59 Å². The van der Waals surface area contributed by atoms with Gasteiger partial charge in [0.25, 0.3) is 0 Å². The van der Waals surface area contributed by atoms with E-state index in [0.717, 1.165) is 30.7 Å². The van der Waals surface area contributed by atoms with Crippen LogP contribution in [0.1, 0.15) is 43.4 Å². The van der Waals surface area contributed by atoms with Gasteiger partial charge in [0.2, 0.25) is 5.91 Å². The van der Waals surface area contributed by atoms with Crippen LogP contribution in [0.3, 0.4) is 0 Å². The van der Waals surface area contributed by atoms with Crippen LogP contribution in [0.25, 0.3) is 0 Å². The predicted octanol–water partition coefficient (Wildman–Crippen LogP) is 4.71. The molecule has 40 heavy (non-hydrogen) atoms. The second-order valence-electron chi connectivity index (χ2n) is 9.65. The lowest BCUT2D eigenvalue weighted by Gasteiger charge is -2.37. The molecule has 210 valence electrons. The second kappa shape index (κ2) is 12.6. The third-order valence-corrected chi connectivity index (χ3v) is 7.94. The van der Waals surface area contributed by atoms with Crippen LogP contribution in [0.5, 0.6) is 11.5 Å². The summed E-state index contributed by atoms with van der Waals surface area (Å²) in [5.41, 5.74) is 3.23. The molecule has 0 aliphatic carbocycles. The molecule has 2 unspecified atom stereocenters. The van der Waals surface area contributed by atoms with Crippen LogP contribution in [0, 0.1) is 0 Å². The Hall–Kier alpha value is -3.76. The molecule has 2 aromatic rings. The Morgan fingerprint density at radius 2 is 1.95 bits per heavy atom. The monoisotopic (exact) mass is 563 g/mol. The number of allylic oxidation sites excluding steroid dienone is 1. The number of para-hydroxylation sites is 1. The zero-order chi connectivity index (χ0) is 28.1. The summed E-state index contributed by atoms with van der Waals surface area (Å²) in [6.07, 6.45) is 2.12. The number of rotatable bonds is 10. The van der Waals surface area contributed by atoms with Gasteiger partial charge < -0.3 is 29.2 Å². The first-order valence-corrected chi connectivity index (χ1v) is 14.1. The van der Waals surface area contributed by atoms with Crippen LogP contribution in [0.4, 0.5) is 0 Å². The molecule has 1 amide bonds. The van der Waals surface area contributed by atoms with Crippen molar-refractivity contribution in [2.24, 2.45) is 4.99 Å². The highest BCUT2D eigenvalue weighted by atomic mass is 32.2. The maximum absolute atomic E-state index is 13.7. The molecule has 0 spiro atoms. The first-order chi connectivity index (χ1) is 19.5. The van der Waals surface area contributed by atoms with E-state index in [4.69, 9.17) is 23.9 Å². The summed E-state index contributed by atoms with van der Waals surface area (Å²) in [5, 5.41) is 5.58. The van der Waals surface area contributed by atoms with Crippen molar-refractivity contribution >= 4 is 28.8 Å². The number of hydrogen-bond acceptors (Lipinski definition) is 9. The molecule has 0 aromatic heterocycles. The number of aliphatic imine (C=N–C) groups is 1. The maximum atomic E-state index is 13.7. The third kappa shape index (κ3) is 5.88. The Kier molecular flexibility index (Phi) is 8.76. The zero-order valence-electron chi connectivity index (χ0n) is 22.8. The van der Waals surface area contributed by atoms with Crippen molar-refractivity contribution in [2.45, 2.75) is 44.9 Å². The van der Waals surface area contributed by atoms with Crippen LogP contribution >= 0.6 is 11.8 Å². The first kappa shape index (κ1) is 27.8. The Morgan fingerprint density at radius 1 is 1.12 bits per heavy atom. The van der Waals surface area contributed by atoms with Crippen LogP contribution in [0.15, 0.2) is 75.9 Å². The molecule has 5 rings (SSSR count). The van der Waals surface area contributed by atoms with Crippen molar-refractivity contribution in [1.29, 1.82) is 0 Å². The minimum Gasteiger partial charge on any atom is -0.493 e. The molecule has 2 aromatic carbocycles. The number of nitrogens with zero attached hydrogens (tertiary/aromatic N) is 2. The number of nitrogens with one attached hydrogen (secondary N) is 1. The summed E-state index contributed by atoms with van der Waals surface area (Å²) < 4.78 is 22.8. The van der Waals surface area contributed by atoms with Gasteiger partial charge in [-0.3, -0.25) is 4.79 Å². The number of hydrogen-bond donors (Lipinski definition) is 1. The molecule has 0 radical (unpaired) electrons. The van der Waals surface area contributed by atoms with E-state index in [0.29, 0.717) is 40.0 Å². The number of esters is 1. The fourth-order valence-corrected chi connectivity index (χ4v) is 6.08. The molecule has 9 nitrogen and oxygen atoms in total. The van der Waals surface area contributed by atoms with Crippen molar-refractivity contribution < 1.29 is 28.5 Å². The quantitative estimate of drug-likeness (QED) is 0.415. The standard InChI is InChI=1S/C30H33N3O6S/c1-19-26(29(35)39-17-20-9-5-4-6-10-20)27(23-12-7-13-24(36-2)28(23)37-3)33-21(18-40-30(33)32-19)15-25(34)31-16-22-11-8-14-38-22/h4-7,9-10,12-13,18,22,27H,8,11,14-17H2,1-3H3,(H,31,34). The summed E-state index contributed by atoms with van der Waals surface area (Å²) in [5.74, 6) is 0.416. The Bertz CT molecular complexity index is 1350. The van der Waals surface area contributed by atoms with E-state index in [1.165, 1.54) is 11.8 Å². The molecule has 3 heterocycles. The fourth-order valence-electron chi connectivity index (χ4n) is 5.11. The number of methoxy groups -OCH3 is 2. The SMILES string of the molecule is COc1cccc(C2C(C(=O)OCc3ccccc3)=C(C)N=C3SC=C(CC(=O)NCC4CCCO4)N32)c1OC. The second-order valence-corrected chi connectivity index (χ2v) is 10.5. The Balaban J connectivity index is 1.46. The lowest BCUT2D eigenvalue weighted by Crippen LogP contribution is -2.39. The maximum Gasteiger partial charge on any atom is 0.338 e. The van der Waals surface area contributed by atoms with Crippen molar-refractivity contribution in [3.8, 4) is 11.5 Å². The predicted molar refractivity (Wildman–Crippen MR) is 153 cm³/mol. The van der Waals surface area contributed by atoms with Crippen LogP contribution in [-0.4, -0.2) is 55.4 Å². The number of carbonyl (C=O) groups excluding carboxylic acids is 2. The average Bonchev–Trinajstić information content (AvgIpc) is 3.64. The van der Waals surface area contributed by atoms with Crippen LogP contribution < -0.4 is 14.8 Å². The number of ether oxygens (including phenoxy) is 4. The lowest BCUT2D eigenvalue weighted by molar-refractivity contribution is -0.141. The van der Waals surface area contributed by atoms with Gasteiger partial charge >= 0.3 is 5.97 Å². The molecule has 3 aliphatic heterocycles. The fraction of sp³-hybridized carbons (Fsp3) is 0.367. The van der Waals surface area contributed by atoms with Gasteiger partial charge in [-0.25, -0.2) is 9.79 Å². The number of amides is 1. The van der Waals surface area contributed by atoms with Crippen molar-refractivity contribution in [2.75, 3.05) is 27.4 Å². The van der Waals surface area contributed by atoms with Gasteiger partial charge in [0.15, 0.2) is 16.7 Å². The minimum absolute atomic E-state index is 0.0494. The van der Waals surface area contributed by atoms with Crippen molar-refractivity contribution in [3.05, 3.63) is 82.0 Å². The summed E-state index contributed by atoms with van der Waals surface area (Å²) in [6, 6.07) is 14.4. The highest BCUT2D eigenvalue weighted by Crippen LogP contribution is 2.48. The largest absolute Gasteiger partial charge is 0.493 e. The highest BCUT2D eigenvalue weighted by molar-refractivity contribution is 8.16. The van der Waals surface area contributed by atoms with E-state index in [-0.39, 0.29) is 25.0 Å². The molecule has 1 N–H and O–H groups in total. The topological polar surface area (TPSA) is 98.7 Å². The molecule has 0 saturated carbocycles.